The van der Waals surface area contributed by atoms with Crippen LogP contribution in [0, 0.1) is 11.8 Å². The van der Waals surface area contributed by atoms with Crippen LogP contribution in [-0.4, -0.2) is 35.0 Å². The van der Waals surface area contributed by atoms with E-state index in [1.807, 2.05) is 35.2 Å². The summed E-state index contributed by atoms with van der Waals surface area (Å²) < 4.78 is 0. The molecule has 26 heavy (non-hydrogen) atoms. The summed E-state index contributed by atoms with van der Waals surface area (Å²) >= 11 is 0. The third-order valence-electron chi connectivity index (χ3n) is 6.60. The second-order valence-corrected chi connectivity index (χ2v) is 8.07. The number of benzene rings is 1. The summed E-state index contributed by atoms with van der Waals surface area (Å²) in [6.07, 6.45) is 8.02. The van der Waals surface area contributed by atoms with E-state index in [4.69, 9.17) is 0 Å². The van der Waals surface area contributed by atoms with Crippen LogP contribution in [0.1, 0.15) is 63.9 Å². The van der Waals surface area contributed by atoms with Crippen LogP contribution in [0.25, 0.3) is 0 Å². The van der Waals surface area contributed by atoms with E-state index in [2.05, 4.69) is 6.92 Å². The fourth-order valence-corrected chi connectivity index (χ4v) is 4.84. The largest absolute Gasteiger partial charge is 0.481 e. The molecule has 1 unspecified atom stereocenters. The van der Waals surface area contributed by atoms with Crippen molar-refractivity contribution < 1.29 is 14.7 Å². The monoisotopic (exact) mass is 357 g/mol. The second kappa shape index (κ2) is 8.24. The average molecular weight is 357 g/mol. The molecule has 2 aliphatic rings. The summed E-state index contributed by atoms with van der Waals surface area (Å²) in [5.74, 6) is 0.281. The number of nitrogens with zero attached hydrogens (tertiary/aromatic N) is 1. The Labute approximate surface area is 156 Å². The molecule has 0 radical (unpaired) electrons. The highest BCUT2D eigenvalue weighted by molar-refractivity contribution is 5.83. The van der Waals surface area contributed by atoms with Crippen LogP contribution < -0.4 is 0 Å². The highest BCUT2D eigenvalue weighted by Gasteiger charge is 2.44. The van der Waals surface area contributed by atoms with Crippen molar-refractivity contribution in [3.8, 4) is 0 Å². The Morgan fingerprint density at radius 3 is 2.31 bits per heavy atom. The van der Waals surface area contributed by atoms with Crippen molar-refractivity contribution in [3.63, 3.8) is 0 Å². The number of carboxylic acid groups (broad SMARTS) is 1. The Bertz CT molecular complexity index is 614. The first-order valence-corrected chi connectivity index (χ1v) is 10.1. The quantitative estimate of drug-likeness (QED) is 0.828. The average Bonchev–Trinajstić information content (AvgIpc) is 3.19. The van der Waals surface area contributed by atoms with E-state index in [0.29, 0.717) is 31.8 Å². The van der Waals surface area contributed by atoms with Gasteiger partial charge in [0, 0.05) is 19.0 Å². The van der Waals surface area contributed by atoms with Crippen LogP contribution in [0.4, 0.5) is 0 Å². The molecule has 4 nitrogen and oxygen atoms in total. The lowest BCUT2D eigenvalue weighted by Gasteiger charge is -2.40. The number of rotatable bonds is 6. The summed E-state index contributed by atoms with van der Waals surface area (Å²) in [4.78, 5) is 27.0. The maximum atomic E-state index is 13.0. The molecular formula is C22H31NO3. The van der Waals surface area contributed by atoms with E-state index in [1.54, 1.807) is 0 Å². The molecule has 1 N–H and O–H groups in total. The number of hydrogen-bond donors (Lipinski definition) is 1. The molecule has 1 saturated carbocycles. The molecule has 142 valence electrons. The Kier molecular flexibility index (Phi) is 6.00. The topological polar surface area (TPSA) is 57.6 Å². The smallest absolute Gasteiger partial charge is 0.314 e. The van der Waals surface area contributed by atoms with Gasteiger partial charge in [0.2, 0.25) is 5.91 Å². The minimum Gasteiger partial charge on any atom is -0.481 e. The van der Waals surface area contributed by atoms with Gasteiger partial charge < -0.3 is 10.0 Å². The molecule has 1 atom stereocenters. The fourth-order valence-electron chi connectivity index (χ4n) is 4.84. The number of carbonyl (C=O) groups excluding carboxylic acids is 1. The van der Waals surface area contributed by atoms with Crippen molar-refractivity contribution in [2.75, 3.05) is 13.1 Å². The molecular weight excluding hydrogens is 326 g/mol. The number of carbonyl (C=O) groups is 2. The van der Waals surface area contributed by atoms with Gasteiger partial charge in [0.25, 0.3) is 0 Å². The molecule has 1 aliphatic carbocycles. The van der Waals surface area contributed by atoms with Gasteiger partial charge in [0.15, 0.2) is 0 Å². The lowest BCUT2D eigenvalue weighted by Crippen LogP contribution is -2.50. The number of carboxylic acids is 1. The summed E-state index contributed by atoms with van der Waals surface area (Å²) in [6, 6.07) is 9.51. The minimum atomic E-state index is -0.856. The molecule has 3 rings (SSSR count). The highest BCUT2D eigenvalue weighted by Crippen LogP contribution is 2.37. The molecule has 4 heteroatoms. The van der Waals surface area contributed by atoms with Crippen LogP contribution in [0.3, 0.4) is 0 Å². The van der Waals surface area contributed by atoms with Crippen molar-refractivity contribution in [1.29, 1.82) is 0 Å². The molecule has 0 aromatic heterocycles. The maximum absolute atomic E-state index is 13.0. The van der Waals surface area contributed by atoms with Gasteiger partial charge in [-0.25, -0.2) is 0 Å². The Morgan fingerprint density at radius 2 is 1.77 bits per heavy atom. The van der Waals surface area contributed by atoms with Crippen molar-refractivity contribution >= 4 is 11.9 Å². The van der Waals surface area contributed by atoms with Gasteiger partial charge in [0.05, 0.1) is 5.41 Å². The Hall–Kier alpha value is -1.84. The number of aliphatic carboxylic acids is 1. The predicted octanol–water partition coefficient (Wildman–Crippen LogP) is 4.24. The van der Waals surface area contributed by atoms with Gasteiger partial charge in [-0.1, -0.05) is 62.9 Å². The Morgan fingerprint density at radius 1 is 1.15 bits per heavy atom. The first-order chi connectivity index (χ1) is 12.6. The van der Waals surface area contributed by atoms with Crippen molar-refractivity contribution in [2.45, 2.75) is 63.7 Å². The molecule has 1 aliphatic heterocycles. The second-order valence-electron chi connectivity index (χ2n) is 8.07. The van der Waals surface area contributed by atoms with Crippen LogP contribution in [-0.2, 0) is 15.0 Å². The van der Waals surface area contributed by atoms with E-state index in [-0.39, 0.29) is 11.8 Å². The number of piperidine rings is 1. The zero-order valence-corrected chi connectivity index (χ0v) is 15.8. The van der Waals surface area contributed by atoms with Crippen molar-refractivity contribution in [1.82, 2.24) is 4.90 Å². The molecule has 1 aromatic rings. The summed E-state index contributed by atoms with van der Waals surface area (Å²) in [5.41, 5.74) is 0.00294. The van der Waals surface area contributed by atoms with Crippen molar-refractivity contribution in [3.05, 3.63) is 35.9 Å². The predicted molar refractivity (Wildman–Crippen MR) is 102 cm³/mol. The zero-order chi connectivity index (χ0) is 18.6. The van der Waals surface area contributed by atoms with E-state index in [1.165, 1.54) is 25.7 Å². The first-order valence-electron chi connectivity index (χ1n) is 10.1. The molecule has 1 heterocycles. The molecule has 1 amide bonds. The number of hydrogen-bond acceptors (Lipinski definition) is 2. The molecule has 2 fully saturated rings. The molecule has 0 bridgehead atoms. The molecule has 1 aromatic carbocycles. The molecule has 1 saturated heterocycles. The van der Waals surface area contributed by atoms with Crippen molar-refractivity contribution in [2.24, 2.45) is 11.8 Å². The highest BCUT2D eigenvalue weighted by atomic mass is 16.4. The lowest BCUT2D eigenvalue weighted by atomic mass is 9.72. The fraction of sp³-hybridized carbons (Fsp3) is 0.636. The third kappa shape index (κ3) is 3.79. The van der Waals surface area contributed by atoms with Gasteiger partial charge >= 0.3 is 5.97 Å². The van der Waals surface area contributed by atoms with Gasteiger partial charge in [0.1, 0.15) is 0 Å². The lowest BCUT2D eigenvalue weighted by molar-refractivity contribution is -0.149. The normalized spacial score (nSPS) is 21.5. The molecule has 0 spiro atoms. The van der Waals surface area contributed by atoms with Gasteiger partial charge in [-0.15, -0.1) is 0 Å². The van der Waals surface area contributed by atoms with Crippen LogP contribution in [0.15, 0.2) is 30.3 Å². The van der Waals surface area contributed by atoms with Gasteiger partial charge in [-0.05, 0) is 37.2 Å². The van der Waals surface area contributed by atoms with E-state index >= 15 is 0 Å². The maximum Gasteiger partial charge on any atom is 0.314 e. The first kappa shape index (κ1) is 18.9. The van der Waals surface area contributed by atoms with E-state index < -0.39 is 11.4 Å². The van der Waals surface area contributed by atoms with E-state index in [9.17, 15) is 14.7 Å². The van der Waals surface area contributed by atoms with Gasteiger partial charge in [-0.2, -0.15) is 0 Å². The number of likely N-dealkylation sites (tertiary alicyclic amines) is 1. The Balaban J connectivity index is 1.66. The minimum absolute atomic E-state index is 0.104. The summed E-state index contributed by atoms with van der Waals surface area (Å²) in [6.45, 7) is 3.19. The van der Waals surface area contributed by atoms with Gasteiger partial charge in [-0.3, -0.25) is 9.59 Å². The summed E-state index contributed by atoms with van der Waals surface area (Å²) in [5, 5.41) is 9.91. The number of amides is 1. The van der Waals surface area contributed by atoms with Crippen LogP contribution in [0.2, 0.25) is 0 Å². The SMILES string of the molecule is CCC(CC1CCCC1)C(=O)N1CCC(C(=O)O)(c2ccccc2)CC1. The van der Waals surface area contributed by atoms with E-state index in [0.717, 1.165) is 18.4 Å². The van der Waals surface area contributed by atoms with Crippen LogP contribution in [0.5, 0.6) is 0 Å². The third-order valence-corrected chi connectivity index (χ3v) is 6.60. The standard InChI is InChI=1S/C22H31NO3/c1-2-18(16-17-8-6-7-9-17)20(24)23-14-12-22(13-15-23,21(25)26)19-10-4-3-5-11-19/h3-5,10-11,17-18H,2,6-9,12-16H2,1H3,(H,25,26). The van der Waals surface area contributed by atoms with Crippen LogP contribution >= 0.6 is 0 Å². The summed E-state index contributed by atoms with van der Waals surface area (Å²) in [7, 11) is 0. The zero-order valence-electron chi connectivity index (χ0n) is 15.8.